The van der Waals surface area contributed by atoms with E-state index in [0.29, 0.717) is 11.1 Å². The molecule has 0 unspecified atom stereocenters. The number of nitrogens with zero attached hydrogens (tertiary/aromatic N) is 1. The van der Waals surface area contributed by atoms with Crippen molar-refractivity contribution in [1.82, 2.24) is 10.7 Å². The molecule has 8 nitrogen and oxygen atoms in total. The summed E-state index contributed by atoms with van der Waals surface area (Å²) >= 11 is 0. The van der Waals surface area contributed by atoms with Crippen molar-refractivity contribution in [2.24, 2.45) is 5.10 Å². The summed E-state index contributed by atoms with van der Waals surface area (Å²) in [6.45, 7) is 0. The molecule has 5 N–H and O–H groups in total. The number of benzene rings is 3. The molecule has 0 spiro atoms. The van der Waals surface area contributed by atoms with Crippen molar-refractivity contribution in [3.63, 3.8) is 0 Å². The minimum atomic E-state index is -0.702. The lowest BCUT2D eigenvalue weighted by Crippen LogP contribution is -2.32. The van der Waals surface area contributed by atoms with Gasteiger partial charge < -0.3 is 20.6 Å². The Balaban J connectivity index is 1.80. The highest BCUT2D eigenvalue weighted by molar-refractivity contribution is 6.05. The maximum Gasteiger partial charge on any atom is 0.287 e. The second kappa shape index (κ2) is 9.75. The molecule has 0 bridgehead atoms. The minimum absolute atomic E-state index is 0.0463. The van der Waals surface area contributed by atoms with Crippen molar-refractivity contribution in [2.45, 2.75) is 0 Å². The van der Waals surface area contributed by atoms with Crippen LogP contribution in [0.5, 0.6) is 17.2 Å². The monoisotopic (exact) mass is 417 g/mol. The van der Waals surface area contributed by atoms with Crippen LogP contribution in [0.3, 0.4) is 0 Å². The van der Waals surface area contributed by atoms with Crippen LogP contribution in [0, 0.1) is 0 Å². The molecule has 0 fully saturated rings. The van der Waals surface area contributed by atoms with Crippen LogP contribution in [0.4, 0.5) is 0 Å². The van der Waals surface area contributed by atoms with E-state index in [9.17, 15) is 24.9 Å². The number of hydrazone groups is 1. The molecule has 3 aromatic rings. The van der Waals surface area contributed by atoms with Gasteiger partial charge >= 0.3 is 0 Å². The van der Waals surface area contributed by atoms with Crippen LogP contribution >= 0.6 is 0 Å². The van der Waals surface area contributed by atoms with E-state index >= 15 is 0 Å². The fourth-order valence-corrected chi connectivity index (χ4v) is 2.57. The lowest BCUT2D eigenvalue weighted by Gasteiger charge is -2.09. The third kappa shape index (κ3) is 5.48. The van der Waals surface area contributed by atoms with Gasteiger partial charge in [0, 0.05) is 11.1 Å². The van der Waals surface area contributed by atoms with E-state index in [1.54, 1.807) is 54.6 Å². The Morgan fingerprint density at radius 1 is 0.806 bits per heavy atom. The number of phenolic OH excluding ortho intramolecular Hbond substituents is 3. The molecule has 8 heteroatoms. The molecule has 3 aromatic carbocycles. The number of carbonyl (C=O) groups is 2. The van der Waals surface area contributed by atoms with Gasteiger partial charge in [-0.2, -0.15) is 5.10 Å². The summed E-state index contributed by atoms with van der Waals surface area (Å²) in [5.41, 5.74) is 3.35. The zero-order chi connectivity index (χ0) is 22.2. The molecule has 0 saturated heterocycles. The number of amides is 2. The molecule has 31 heavy (non-hydrogen) atoms. The molecule has 0 saturated carbocycles. The zero-order valence-corrected chi connectivity index (χ0v) is 16.2. The SMILES string of the molecule is O=C(N/N=C/c1ccc(O)c(O)c1O)C(=Cc1ccccc1)NC(=O)c1ccccc1. The molecule has 0 aliphatic carbocycles. The molecule has 0 atom stereocenters. The van der Waals surface area contributed by atoms with Gasteiger partial charge in [0.15, 0.2) is 11.5 Å². The fourth-order valence-electron chi connectivity index (χ4n) is 2.57. The van der Waals surface area contributed by atoms with E-state index in [-0.39, 0.29) is 11.3 Å². The predicted molar refractivity (Wildman–Crippen MR) is 116 cm³/mol. The van der Waals surface area contributed by atoms with Gasteiger partial charge in [-0.05, 0) is 35.9 Å². The molecule has 0 heterocycles. The summed E-state index contributed by atoms with van der Waals surface area (Å²) in [7, 11) is 0. The summed E-state index contributed by atoms with van der Waals surface area (Å²) in [6.07, 6.45) is 2.58. The van der Waals surface area contributed by atoms with Crippen LogP contribution in [0.2, 0.25) is 0 Å². The normalized spacial score (nSPS) is 11.3. The fraction of sp³-hybridized carbons (Fsp3) is 0. The average molecular weight is 417 g/mol. The topological polar surface area (TPSA) is 131 Å². The van der Waals surface area contributed by atoms with E-state index in [0.717, 1.165) is 6.21 Å². The number of hydrogen-bond acceptors (Lipinski definition) is 6. The number of aromatic hydroxyl groups is 3. The third-order valence-electron chi connectivity index (χ3n) is 4.17. The van der Waals surface area contributed by atoms with Crippen LogP contribution in [-0.4, -0.2) is 33.3 Å². The van der Waals surface area contributed by atoms with Crippen molar-refractivity contribution in [2.75, 3.05) is 0 Å². The van der Waals surface area contributed by atoms with E-state index in [4.69, 9.17) is 0 Å². The summed E-state index contributed by atoms with van der Waals surface area (Å²) in [4.78, 5) is 25.2. The van der Waals surface area contributed by atoms with Gasteiger partial charge in [-0.15, -0.1) is 0 Å². The highest BCUT2D eigenvalue weighted by atomic mass is 16.3. The summed E-state index contributed by atoms with van der Waals surface area (Å²) in [6, 6.07) is 19.8. The van der Waals surface area contributed by atoms with Gasteiger partial charge in [-0.1, -0.05) is 48.5 Å². The van der Waals surface area contributed by atoms with E-state index in [2.05, 4.69) is 15.8 Å². The Kier molecular flexibility index (Phi) is 6.64. The number of phenols is 3. The molecule has 2 amide bonds. The lowest BCUT2D eigenvalue weighted by molar-refractivity contribution is -0.117. The Morgan fingerprint density at radius 2 is 1.45 bits per heavy atom. The maximum atomic E-state index is 12.7. The smallest absolute Gasteiger partial charge is 0.287 e. The van der Waals surface area contributed by atoms with Gasteiger partial charge in [0.1, 0.15) is 5.70 Å². The molecule has 0 aromatic heterocycles. The van der Waals surface area contributed by atoms with Gasteiger partial charge in [0.2, 0.25) is 5.75 Å². The minimum Gasteiger partial charge on any atom is -0.504 e. The summed E-state index contributed by atoms with van der Waals surface area (Å²) in [5, 5.41) is 35.0. The lowest BCUT2D eigenvalue weighted by atomic mass is 10.1. The molecule has 156 valence electrons. The van der Waals surface area contributed by atoms with Crippen LogP contribution in [-0.2, 0) is 4.79 Å². The molecule has 3 rings (SSSR count). The molecule has 0 aliphatic heterocycles. The molecule has 0 aliphatic rings. The third-order valence-corrected chi connectivity index (χ3v) is 4.17. The number of nitrogens with one attached hydrogen (secondary N) is 2. The Labute approximate surface area is 177 Å². The Bertz CT molecular complexity index is 1140. The van der Waals surface area contributed by atoms with Gasteiger partial charge in [-0.3, -0.25) is 9.59 Å². The quantitative estimate of drug-likeness (QED) is 0.182. The highest BCUT2D eigenvalue weighted by Gasteiger charge is 2.14. The first-order chi connectivity index (χ1) is 15.0. The van der Waals surface area contributed by atoms with Crippen LogP contribution in [0.15, 0.2) is 83.6 Å². The summed E-state index contributed by atoms with van der Waals surface area (Å²) < 4.78 is 0. The van der Waals surface area contributed by atoms with E-state index in [1.807, 2.05) is 6.07 Å². The van der Waals surface area contributed by atoms with Crippen LogP contribution in [0.1, 0.15) is 21.5 Å². The first-order valence-corrected chi connectivity index (χ1v) is 9.16. The number of rotatable bonds is 6. The largest absolute Gasteiger partial charge is 0.504 e. The Morgan fingerprint density at radius 3 is 2.13 bits per heavy atom. The number of carbonyl (C=O) groups excluding carboxylic acids is 2. The van der Waals surface area contributed by atoms with Gasteiger partial charge in [-0.25, -0.2) is 5.43 Å². The van der Waals surface area contributed by atoms with E-state index in [1.165, 1.54) is 18.2 Å². The summed E-state index contributed by atoms with van der Waals surface area (Å²) in [5.74, 6) is -2.95. The predicted octanol–water partition coefficient (Wildman–Crippen LogP) is 2.72. The van der Waals surface area contributed by atoms with Crippen molar-refractivity contribution >= 4 is 24.1 Å². The Hall–Kier alpha value is -4.59. The van der Waals surface area contributed by atoms with E-state index < -0.39 is 29.1 Å². The second-order valence-electron chi connectivity index (χ2n) is 6.36. The molecule has 0 radical (unpaired) electrons. The molecular formula is C23H19N3O5. The second-order valence-corrected chi connectivity index (χ2v) is 6.36. The van der Waals surface area contributed by atoms with Crippen molar-refractivity contribution in [3.05, 3.63) is 95.2 Å². The van der Waals surface area contributed by atoms with Crippen molar-refractivity contribution < 1.29 is 24.9 Å². The zero-order valence-electron chi connectivity index (χ0n) is 16.2. The number of hydrogen-bond donors (Lipinski definition) is 5. The van der Waals surface area contributed by atoms with Crippen LogP contribution < -0.4 is 10.7 Å². The van der Waals surface area contributed by atoms with Gasteiger partial charge in [0.25, 0.3) is 11.8 Å². The first kappa shape index (κ1) is 21.1. The highest BCUT2D eigenvalue weighted by Crippen LogP contribution is 2.36. The maximum absolute atomic E-state index is 12.7. The molecular weight excluding hydrogens is 398 g/mol. The standard InChI is InChI=1S/C23H19N3O5/c27-19-12-11-17(20(28)21(19)29)14-24-26-23(31)18(13-15-7-3-1-4-8-15)25-22(30)16-9-5-2-6-10-16/h1-14,27-29H,(H,25,30)(H,26,31)/b18-13?,24-14+. The van der Waals surface area contributed by atoms with Crippen molar-refractivity contribution in [3.8, 4) is 17.2 Å². The van der Waals surface area contributed by atoms with Crippen LogP contribution in [0.25, 0.3) is 6.08 Å². The first-order valence-electron chi connectivity index (χ1n) is 9.16. The van der Waals surface area contributed by atoms with Crippen molar-refractivity contribution in [1.29, 1.82) is 0 Å². The van der Waals surface area contributed by atoms with Gasteiger partial charge in [0.05, 0.1) is 6.21 Å². The average Bonchev–Trinajstić information content (AvgIpc) is 2.79.